The van der Waals surface area contributed by atoms with Crippen molar-refractivity contribution in [2.45, 2.75) is 58.8 Å². The zero-order chi connectivity index (χ0) is 24.9. The SMILES string of the molecule is CCCc1cc(-c2nc3c(s2)CCCC3)ccc1OCCCOc1ccc2c(ccn2OC(C)=O)c1. The highest BCUT2D eigenvalue weighted by Crippen LogP contribution is 2.35. The number of aromatic nitrogens is 2. The molecule has 4 aromatic rings. The molecule has 2 aromatic carbocycles. The lowest BCUT2D eigenvalue weighted by atomic mass is 10.0. The van der Waals surface area contributed by atoms with Gasteiger partial charge in [-0.05, 0) is 80.1 Å². The van der Waals surface area contributed by atoms with Gasteiger partial charge < -0.3 is 14.3 Å². The molecule has 36 heavy (non-hydrogen) atoms. The summed E-state index contributed by atoms with van der Waals surface area (Å²) in [6.07, 6.45) is 9.39. The second-order valence-electron chi connectivity index (χ2n) is 9.16. The first-order chi connectivity index (χ1) is 17.6. The fraction of sp³-hybridized carbons (Fsp3) is 0.379. The van der Waals surface area contributed by atoms with Gasteiger partial charge in [-0.3, -0.25) is 0 Å². The second kappa shape index (κ2) is 11.2. The number of rotatable bonds is 10. The minimum Gasteiger partial charge on any atom is -0.493 e. The van der Waals surface area contributed by atoms with Crippen LogP contribution in [0, 0.1) is 0 Å². The Morgan fingerprint density at radius 2 is 1.92 bits per heavy atom. The number of benzene rings is 2. The summed E-state index contributed by atoms with van der Waals surface area (Å²) in [5, 5.41) is 2.09. The minimum absolute atomic E-state index is 0.355. The van der Waals surface area contributed by atoms with Gasteiger partial charge in [0.1, 0.15) is 16.5 Å². The molecule has 0 atom stereocenters. The summed E-state index contributed by atoms with van der Waals surface area (Å²) >= 11 is 1.86. The van der Waals surface area contributed by atoms with E-state index in [0.29, 0.717) is 13.2 Å². The average Bonchev–Trinajstić information content (AvgIpc) is 3.48. The third kappa shape index (κ3) is 5.57. The van der Waals surface area contributed by atoms with Crippen LogP contribution in [0.1, 0.15) is 55.7 Å². The van der Waals surface area contributed by atoms with E-state index in [2.05, 4.69) is 25.1 Å². The van der Waals surface area contributed by atoms with Crippen molar-refractivity contribution < 1.29 is 19.1 Å². The van der Waals surface area contributed by atoms with E-state index >= 15 is 0 Å². The third-order valence-electron chi connectivity index (χ3n) is 6.34. The van der Waals surface area contributed by atoms with Crippen LogP contribution in [0.4, 0.5) is 0 Å². The molecular formula is C29H32N2O4S. The average molecular weight is 505 g/mol. The van der Waals surface area contributed by atoms with Gasteiger partial charge in [0, 0.05) is 35.4 Å². The Morgan fingerprint density at radius 1 is 1.06 bits per heavy atom. The Labute approximate surface area is 215 Å². The molecule has 5 rings (SSSR count). The van der Waals surface area contributed by atoms with Gasteiger partial charge in [-0.1, -0.05) is 13.3 Å². The molecule has 0 bridgehead atoms. The quantitative estimate of drug-likeness (QED) is 0.233. The number of nitrogens with zero attached hydrogens (tertiary/aromatic N) is 2. The third-order valence-corrected chi connectivity index (χ3v) is 7.55. The van der Waals surface area contributed by atoms with Crippen LogP contribution in [0.5, 0.6) is 11.5 Å². The molecule has 188 valence electrons. The van der Waals surface area contributed by atoms with Crippen molar-refractivity contribution in [1.82, 2.24) is 9.71 Å². The summed E-state index contributed by atoms with van der Waals surface area (Å²) in [5.41, 5.74) is 4.57. The van der Waals surface area contributed by atoms with Crippen molar-refractivity contribution in [3.05, 3.63) is 64.8 Å². The monoisotopic (exact) mass is 504 g/mol. The van der Waals surface area contributed by atoms with E-state index in [9.17, 15) is 4.79 Å². The minimum atomic E-state index is -0.355. The summed E-state index contributed by atoms with van der Waals surface area (Å²) < 4.78 is 13.6. The van der Waals surface area contributed by atoms with Crippen molar-refractivity contribution in [3.63, 3.8) is 0 Å². The molecule has 0 N–H and O–H groups in total. The van der Waals surface area contributed by atoms with Gasteiger partial charge in [0.15, 0.2) is 0 Å². The number of hydrogen-bond donors (Lipinski definition) is 0. The van der Waals surface area contributed by atoms with Gasteiger partial charge in [0.05, 0.1) is 24.4 Å². The van der Waals surface area contributed by atoms with E-state index in [1.165, 1.54) is 52.6 Å². The number of thiazole rings is 1. The van der Waals surface area contributed by atoms with Gasteiger partial charge in [-0.2, -0.15) is 4.73 Å². The Kier molecular flexibility index (Phi) is 7.56. The maximum Gasteiger partial charge on any atom is 0.329 e. The largest absolute Gasteiger partial charge is 0.493 e. The van der Waals surface area contributed by atoms with E-state index in [0.717, 1.165) is 53.1 Å². The standard InChI is InChI=1S/C29H32N2O4S/c1-3-7-22-18-23(29-30-25-8-4-5-9-28(25)36-29)10-13-27(22)34-17-6-16-33-24-11-12-26-21(19-24)14-15-31(26)35-20(2)32/h10-15,18-19H,3-9,16-17H2,1-2H3. The van der Waals surface area contributed by atoms with E-state index < -0.39 is 0 Å². The first-order valence-corrected chi connectivity index (χ1v) is 13.6. The van der Waals surface area contributed by atoms with Gasteiger partial charge in [-0.15, -0.1) is 11.3 Å². The van der Waals surface area contributed by atoms with E-state index in [4.69, 9.17) is 19.3 Å². The Hall–Kier alpha value is -3.32. The van der Waals surface area contributed by atoms with Crippen LogP contribution in [0.2, 0.25) is 0 Å². The molecule has 1 aliphatic rings. The summed E-state index contributed by atoms with van der Waals surface area (Å²) in [5.74, 6) is 1.38. The van der Waals surface area contributed by atoms with Crippen LogP contribution >= 0.6 is 11.3 Å². The second-order valence-corrected chi connectivity index (χ2v) is 10.2. The fourth-order valence-electron chi connectivity index (χ4n) is 4.63. The highest BCUT2D eigenvalue weighted by Gasteiger charge is 2.17. The molecule has 6 nitrogen and oxygen atoms in total. The van der Waals surface area contributed by atoms with Gasteiger partial charge in [0.25, 0.3) is 0 Å². The summed E-state index contributed by atoms with van der Waals surface area (Å²) in [7, 11) is 0. The smallest absolute Gasteiger partial charge is 0.329 e. The number of carbonyl (C=O) groups is 1. The highest BCUT2D eigenvalue weighted by atomic mass is 32.1. The van der Waals surface area contributed by atoms with Crippen molar-refractivity contribution in [1.29, 1.82) is 0 Å². The number of aryl methyl sites for hydroxylation is 3. The highest BCUT2D eigenvalue weighted by molar-refractivity contribution is 7.15. The lowest BCUT2D eigenvalue weighted by Crippen LogP contribution is -2.14. The summed E-state index contributed by atoms with van der Waals surface area (Å²) in [4.78, 5) is 22.8. The zero-order valence-electron chi connectivity index (χ0n) is 20.9. The van der Waals surface area contributed by atoms with Crippen LogP contribution in [-0.4, -0.2) is 28.9 Å². The Balaban J connectivity index is 1.16. The van der Waals surface area contributed by atoms with Crippen molar-refractivity contribution in [2.24, 2.45) is 0 Å². The lowest BCUT2D eigenvalue weighted by Gasteiger charge is -2.13. The number of fused-ring (bicyclic) bond motifs is 2. The molecule has 0 saturated heterocycles. The molecule has 2 heterocycles. The molecule has 1 aliphatic carbocycles. The normalized spacial score (nSPS) is 12.9. The number of carbonyl (C=O) groups excluding carboxylic acids is 1. The number of ether oxygens (including phenoxy) is 2. The first kappa shape index (κ1) is 24.4. The van der Waals surface area contributed by atoms with E-state index in [-0.39, 0.29) is 5.97 Å². The summed E-state index contributed by atoms with van der Waals surface area (Å²) in [6.45, 7) is 4.73. The van der Waals surface area contributed by atoms with Crippen molar-refractivity contribution in [3.8, 4) is 22.1 Å². The molecule has 2 aromatic heterocycles. The molecule has 0 fully saturated rings. The van der Waals surface area contributed by atoms with Crippen LogP contribution in [0.15, 0.2) is 48.7 Å². The topological polar surface area (TPSA) is 62.6 Å². The molecular weight excluding hydrogens is 472 g/mol. The van der Waals surface area contributed by atoms with Gasteiger partial charge >= 0.3 is 5.97 Å². The molecule has 0 radical (unpaired) electrons. The van der Waals surface area contributed by atoms with Crippen LogP contribution in [0.3, 0.4) is 0 Å². The maximum absolute atomic E-state index is 11.2. The van der Waals surface area contributed by atoms with Crippen molar-refractivity contribution >= 4 is 28.2 Å². The fourth-order valence-corrected chi connectivity index (χ4v) is 5.77. The van der Waals surface area contributed by atoms with Gasteiger partial charge in [-0.25, -0.2) is 9.78 Å². The van der Waals surface area contributed by atoms with Crippen molar-refractivity contribution in [2.75, 3.05) is 13.2 Å². The van der Waals surface area contributed by atoms with Crippen LogP contribution in [-0.2, 0) is 24.1 Å². The van der Waals surface area contributed by atoms with E-state index in [1.807, 2.05) is 35.6 Å². The lowest BCUT2D eigenvalue weighted by molar-refractivity contribution is -0.140. The molecule has 7 heteroatoms. The van der Waals surface area contributed by atoms with E-state index in [1.54, 1.807) is 6.20 Å². The Morgan fingerprint density at radius 3 is 2.75 bits per heavy atom. The predicted molar refractivity (Wildman–Crippen MR) is 143 cm³/mol. The molecule has 0 aliphatic heterocycles. The summed E-state index contributed by atoms with van der Waals surface area (Å²) in [6, 6.07) is 14.1. The molecule has 0 unspecified atom stereocenters. The maximum atomic E-state index is 11.2. The zero-order valence-corrected chi connectivity index (χ0v) is 21.7. The predicted octanol–water partition coefficient (Wildman–Crippen LogP) is 6.42. The van der Waals surface area contributed by atoms with Crippen LogP contribution in [0.25, 0.3) is 21.5 Å². The van der Waals surface area contributed by atoms with Gasteiger partial charge in [0.2, 0.25) is 0 Å². The van der Waals surface area contributed by atoms with Crippen LogP contribution < -0.4 is 14.3 Å². The number of hydrogen-bond acceptors (Lipinski definition) is 6. The molecule has 0 saturated carbocycles. The Bertz CT molecular complexity index is 1330. The molecule has 0 spiro atoms. The first-order valence-electron chi connectivity index (χ1n) is 12.8. The molecule has 0 amide bonds.